The van der Waals surface area contributed by atoms with Crippen LogP contribution in [0.15, 0.2) is 72.8 Å². The van der Waals surface area contributed by atoms with Crippen LogP contribution in [0.2, 0.25) is 0 Å². The summed E-state index contributed by atoms with van der Waals surface area (Å²) < 4.78 is 0. The van der Waals surface area contributed by atoms with E-state index in [9.17, 15) is 9.59 Å². The van der Waals surface area contributed by atoms with Gasteiger partial charge in [-0.1, -0.05) is 54.6 Å². The molecule has 0 saturated carbocycles. The van der Waals surface area contributed by atoms with Crippen molar-refractivity contribution in [3.05, 3.63) is 89.5 Å². The topological polar surface area (TPSA) is 52.7 Å². The van der Waals surface area contributed by atoms with Gasteiger partial charge in [0.15, 0.2) is 0 Å². The van der Waals surface area contributed by atoms with E-state index in [1.165, 1.54) is 0 Å². The Morgan fingerprint density at radius 1 is 0.875 bits per heavy atom. The average molecular weight is 428 g/mol. The lowest BCUT2D eigenvalue weighted by atomic mass is 10.0. The van der Waals surface area contributed by atoms with Crippen molar-refractivity contribution < 1.29 is 9.59 Å². The Labute approximate surface area is 189 Å². The van der Waals surface area contributed by atoms with E-state index in [2.05, 4.69) is 11.4 Å². The molecule has 164 valence electrons. The van der Waals surface area contributed by atoms with Crippen LogP contribution in [0.5, 0.6) is 0 Å². The number of aryl methyl sites for hydroxylation is 3. The van der Waals surface area contributed by atoms with Crippen LogP contribution in [-0.4, -0.2) is 37.4 Å². The number of rotatable bonds is 6. The van der Waals surface area contributed by atoms with E-state index in [4.69, 9.17) is 0 Å². The quantitative estimate of drug-likeness (QED) is 0.626. The second-order valence-electron chi connectivity index (χ2n) is 8.47. The first-order valence-electron chi connectivity index (χ1n) is 11.0. The van der Waals surface area contributed by atoms with Gasteiger partial charge >= 0.3 is 0 Å². The Hall–Kier alpha value is -3.44. The minimum Gasteiger partial charge on any atom is -0.326 e. The fourth-order valence-corrected chi connectivity index (χ4v) is 4.14. The van der Waals surface area contributed by atoms with Crippen molar-refractivity contribution in [2.45, 2.75) is 25.7 Å². The number of benzene rings is 3. The van der Waals surface area contributed by atoms with Gasteiger partial charge in [-0.15, -0.1) is 0 Å². The van der Waals surface area contributed by atoms with Gasteiger partial charge in [-0.25, -0.2) is 0 Å². The van der Waals surface area contributed by atoms with Gasteiger partial charge < -0.3 is 10.2 Å². The third kappa shape index (κ3) is 5.06. The minimum atomic E-state index is -0.0333. The van der Waals surface area contributed by atoms with Gasteiger partial charge in [0.1, 0.15) is 0 Å². The van der Waals surface area contributed by atoms with E-state index in [1.54, 1.807) is 0 Å². The normalized spacial score (nSPS) is 12.7. The van der Waals surface area contributed by atoms with E-state index in [0.29, 0.717) is 25.1 Å². The summed E-state index contributed by atoms with van der Waals surface area (Å²) in [6.45, 7) is 0.307. The van der Waals surface area contributed by atoms with E-state index < -0.39 is 0 Å². The Morgan fingerprint density at radius 2 is 1.56 bits per heavy atom. The molecule has 3 aromatic rings. The monoisotopic (exact) mass is 427 g/mol. The standard InChI is InChI=1S/C27H29N3O2/c1-29(2)19-27(32)30-24-11-7-6-10-21(24)13-14-22-15-16-23(18-25(22)30)28-26(31)17-12-20-8-4-3-5-9-20/h3-11,15-16,18H,12-14,17,19H2,1-2H3,(H,28,31). The molecule has 0 aromatic heterocycles. The highest BCUT2D eigenvalue weighted by Gasteiger charge is 2.26. The zero-order chi connectivity index (χ0) is 22.5. The maximum Gasteiger partial charge on any atom is 0.245 e. The Bertz CT molecular complexity index is 1110. The van der Waals surface area contributed by atoms with Gasteiger partial charge in [-0.2, -0.15) is 0 Å². The lowest BCUT2D eigenvalue weighted by Crippen LogP contribution is -2.35. The largest absolute Gasteiger partial charge is 0.326 e. The zero-order valence-electron chi connectivity index (χ0n) is 18.7. The van der Waals surface area contributed by atoms with Crippen molar-refractivity contribution >= 4 is 28.9 Å². The fourth-order valence-electron chi connectivity index (χ4n) is 4.14. The molecule has 0 aliphatic carbocycles. The molecule has 0 unspecified atom stereocenters. The fraction of sp³-hybridized carbons (Fsp3) is 0.259. The Morgan fingerprint density at radius 3 is 2.31 bits per heavy atom. The molecule has 0 radical (unpaired) electrons. The third-order valence-corrected chi connectivity index (χ3v) is 5.69. The zero-order valence-corrected chi connectivity index (χ0v) is 18.7. The molecule has 0 atom stereocenters. The number of anilines is 3. The highest BCUT2D eigenvalue weighted by molar-refractivity contribution is 6.04. The first kappa shape index (κ1) is 21.8. The number of carbonyl (C=O) groups is 2. The second-order valence-corrected chi connectivity index (χ2v) is 8.47. The molecule has 1 aliphatic rings. The molecule has 1 aliphatic heterocycles. The highest BCUT2D eigenvalue weighted by Crippen LogP contribution is 2.37. The van der Waals surface area contributed by atoms with Crippen LogP contribution in [0, 0.1) is 0 Å². The van der Waals surface area contributed by atoms with Gasteiger partial charge in [0.25, 0.3) is 0 Å². The number of likely N-dealkylation sites (N-methyl/N-ethyl adjacent to an activating group) is 1. The van der Waals surface area contributed by atoms with Crippen molar-refractivity contribution in [1.29, 1.82) is 0 Å². The summed E-state index contributed by atoms with van der Waals surface area (Å²) in [5.74, 6) is -0.0212. The van der Waals surface area contributed by atoms with Crippen molar-refractivity contribution in [2.75, 3.05) is 30.9 Å². The summed E-state index contributed by atoms with van der Waals surface area (Å²) in [5.41, 5.74) is 5.89. The molecule has 32 heavy (non-hydrogen) atoms. The first-order valence-corrected chi connectivity index (χ1v) is 11.0. The van der Waals surface area contributed by atoms with Crippen molar-refractivity contribution in [2.24, 2.45) is 0 Å². The Balaban J connectivity index is 1.59. The number of nitrogens with zero attached hydrogens (tertiary/aromatic N) is 2. The number of fused-ring (bicyclic) bond motifs is 2. The molecule has 2 amide bonds. The molecule has 5 heteroatoms. The molecular formula is C27H29N3O2. The van der Waals surface area contributed by atoms with E-state index in [-0.39, 0.29) is 11.8 Å². The summed E-state index contributed by atoms with van der Waals surface area (Å²) in [4.78, 5) is 29.6. The van der Waals surface area contributed by atoms with Crippen molar-refractivity contribution in [1.82, 2.24) is 4.90 Å². The van der Waals surface area contributed by atoms with Crippen LogP contribution >= 0.6 is 0 Å². The molecule has 0 fully saturated rings. The second kappa shape index (κ2) is 9.79. The Kier molecular flexibility index (Phi) is 6.66. The number of amides is 2. The molecule has 1 N–H and O–H groups in total. The summed E-state index contributed by atoms with van der Waals surface area (Å²) >= 11 is 0. The van der Waals surface area contributed by atoms with Gasteiger partial charge in [-0.05, 0) is 68.2 Å². The number of para-hydroxylation sites is 1. The SMILES string of the molecule is CN(C)CC(=O)N1c2ccccc2CCc2ccc(NC(=O)CCc3ccccc3)cc21. The van der Waals surface area contributed by atoms with Crippen molar-refractivity contribution in [3.8, 4) is 0 Å². The van der Waals surface area contributed by atoms with E-state index in [0.717, 1.165) is 40.9 Å². The lowest BCUT2D eigenvalue weighted by molar-refractivity contribution is -0.118. The van der Waals surface area contributed by atoms with Gasteiger partial charge in [0.05, 0.1) is 17.9 Å². The van der Waals surface area contributed by atoms with Crippen LogP contribution in [-0.2, 0) is 28.9 Å². The van der Waals surface area contributed by atoms with Crippen LogP contribution < -0.4 is 10.2 Å². The van der Waals surface area contributed by atoms with Crippen LogP contribution in [0.1, 0.15) is 23.1 Å². The van der Waals surface area contributed by atoms with Crippen molar-refractivity contribution in [3.63, 3.8) is 0 Å². The smallest absolute Gasteiger partial charge is 0.245 e. The number of nitrogens with one attached hydrogen (secondary N) is 1. The third-order valence-electron chi connectivity index (χ3n) is 5.69. The molecule has 0 bridgehead atoms. The average Bonchev–Trinajstić information content (AvgIpc) is 2.94. The molecule has 0 spiro atoms. The molecule has 0 saturated heterocycles. The van der Waals surface area contributed by atoms with Gasteiger partial charge in [0, 0.05) is 12.1 Å². The predicted octanol–water partition coefficient (Wildman–Crippen LogP) is 4.58. The molecule has 1 heterocycles. The van der Waals surface area contributed by atoms with Gasteiger partial charge in [-0.3, -0.25) is 14.5 Å². The highest BCUT2D eigenvalue weighted by atomic mass is 16.2. The summed E-state index contributed by atoms with van der Waals surface area (Å²) in [7, 11) is 3.79. The number of carbonyl (C=O) groups excluding carboxylic acids is 2. The lowest BCUT2D eigenvalue weighted by Gasteiger charge is -2.27. The maximum absolute atomic E-state index is 13.3. The maximum atomic E-state index is 13.3. The van der Waals surface area contributed by atoms with Gasteiger partial charge in [0.2, 0.25) is 11.8 Å². The van der Waals surface area contributed by atoms with Crippen LogP contribution in [0.25, 0.3) is 0 Å². The van der Waals surface area contributed by atoms with E-state index >= 15 is 0 Å². The predicted molar refractivity (Wildman–Crippen MR) is 129 cm³/mol. The molecular weight excluding hydrogens is 398 g/mol. The number of hydrogen-bond acceptors (Lipinski definition) is 3. The van der Waals surface area contributed by atoms with Crippen LogP contribution in [0.4, 0.5) is 17.1 Å². The first-order chi connectivity index (χ1) is 15.5. The molecule has 5 nitrogen and oxygen atoms in total. The minimum absolute atomic E-state index is 0.0122. The summed E-state index contributed by atoms with van der Waals surface area (Å²) in [6, 6.07) is 24.0. The molecule has 4 rings (SSSR count). The number of hydrogen-bond donors (Lipinski definition) is 1. The summed E-state index contributed by atoms with van der Waals surface area (Å²) in [6.07, 6.45) is 2.82. The molecule has 3 aromatic carbocycles. The van der Waals surface area contributed by atoms with Crippen LogP contribution in [0.3, 0.4) is 0 Å². The summed E-state index contributed by atoms with van der Waals surface area (Å²) in [5, 5.41) is 3.02. The van der Waals surface area contributed by atoms with E-state index in [1.807, 2.05) is 90.6 Å².